The highest BCUT2D eigenvalue weighted by Crippen LogP contribution is 2.40. The van der Waals surface area contributed by atoms with E-state index in [4.69, 9.17) is 0 Å². The standard InChI is InChI=1S/C25H39N5O/c1-26-24(28-20-25(12-5-6-13-25)22-10-3-2-4-11-22)27-14-15-29-16-18-30(19-17-29)23(31)21-8-7-9-21/h2-4,10-11,21H,5-9,12-20H2,1H3,(H2,26,27,28). The summed E-state index contributed by atoms with van der Waals surface area (Å²) in [6.45, 7) is 6.49. The zero-order chi connectivity index (χ0) is 21.5. The molecule has 6 heteroatoms. The fourth-order valence-electron chi connectivity index (χ4n) is 5.32. The Hall–Kier alpha value is -2.08. The van der Waals surface area contributed by atoms with Gasteiger partial charge in [-0.05, 0) is 31.2 Å². The first-order chi connectivity index (χ1) is 15.2. The number of hydrogen-bond acceptors (Lipinski definition) is 3. The average molecular weight is 426 g/mol. The first-order valence-corrected chi connectivity index (χ1v) is 12.2. The van der Waals surface area contributed by atoms with Gasteiger partial charge in [0.05, 0.1) is 0 Å². The maximum atomic E-state index is 12.4. The van der Waals surface area contributed by atoms with Gasteiger partial charge in [0.1, 0.15) is 0 Å². The normalized spacial score (nSPS) is 22.2. The molecule has 1 saturated heterocycles. The quantitative estimate of drug-likeness (QED) is 0.521. The van der Waals surface area contributed by atoms with Gasteiger partial charge in [-0.1, -0.05) is 49.6 Å². The summed E-state index contributed by atoms with van der Waals surface area (Å²) >= 11 is 0. The summed E-state index contributed by atoms with van der Waals surface area (Å²) in [6.07, 6.45) is 8.51. The Labute approximate surface area is 187 Å². The van der Waals surface area contributed by atoms with Crippen molar-refractivity contribution in [3.8, 4) is 0 Å². The number of amides is 1. The van der Waals surface area contributed by atoms with Crippen molar-refractivity contribution in [2.75, 3.05) is 52.9 Å². The second kappa shape index (κ2) is 10.5. The van der Waals surface area contributed by atoms with E-state index in [0.29, 0.717) is 11.8 Å². The van der Waals surface area contributed by atoms with E-state index in [1.165, 1.54) is 37.7 Å². The Kier molecular flexibility index (Phi) is 7.49. The Morgan fingerprint density at radius 1 is 1.03 bits per heavy atom. The van der Waals surface area contributed by atoms with E-state index in [0.717, 1.165) is 64.6 Å². The lowest BCUT2D eigenvalue weighted by Crippen LogP contribution is -2.53. The van der Waals surface area contributed by atoms with Crippen molar-refractivity contribution in [3.05, 3.63) is 35.9 Å². The molecule has 1 aliphatic heterocycles. The molecule has 0 bridgehead atoms. The Morgan fingerprint density at radius 2 is 1.74 bits per heavy atom. The van der Waals surface area contributed by atoms with Crippen LogP contribution in [0.3, 0.4) is 0 Å². The van der Waals surface area contributed by atoms with E-state index in [1.807, 2.05) is 7.05 Å². The molecule has 2 N–H and O–H groups in total. The Balaban J connectivity index is 1.18. The molecule has 170 valence electrons. The van der Waals surface area contributed by atoms with Crippen molar-refractivity contribution in [3.63, 3.8) is 0 Å². The summed E-state index contributed by atoms with van der Waals surface area (Å²) in [5.41, 5.74) is 1.67. The van der Waals surface area contributed by atoms with Crippen LogP contribution in [-0.4, -0.2) is 74.5 Å². The van der Waals surface area contributed by atoms with Gasteiger partial charge in [-0.3, -0.25) is 14.7 Å². The van der Waals surface area contributed by atoms with Gasteiger partial charge >= 0.3 is 0 Å². The minimum Gasteiger partial charge on any atom is -0.356 e. The third-order valence-corrected chi connectivity index (χ3v) is 7.62. The van der Waals surface area contributed by atoms with Gasteiger partial charge in [0.25, 0.3) is 0 Å². The summed E-state index contributed by atoms with van der Waals surface area (Å²) in [5.74, 6) is 1.61. The highest BCUT2D eigenvalue weighted by atomic mass is 16.2. The van der Waals surface area contributed by atoms with Crippen LogP contribution in [0, 0.1) is 5.92 Å². The third kappa shape index (κ3) is 5.40. The third-order valence-electron chi connectivity index (χ3n) is 7.62. The summed E-state index contributed by atoms with van der Waals surface area (Å²) in [4.78, 5) is 21.4. The van der Waals surface area contributed by atoms with Gasteiger partial charge in [0, 0.05) is 64.2 Å². The van der Waals surface area contributed by atoms with E-state index in [2.05, 4.69) is 55.8 Å². The molecular formula is C25H39N5O. The zero-order valence-corrected chi connectivity index (χ0v) is 19.1. The van der Waals surface area contributed by atoms with E-state index < -0.39 is 0 Å². The molecule has 4 rings (SSSR count). The molecule has 6 nitrogen and oxygen atoms in total. The molecule has 0 spiro atoms. The lowest BCUT2D eigenvalue weighted by Gasteiger charge is -2.38. The number of hydrogen-bond donors (Lipinski definition) is 2. The fourth-order valence-corrected chi connectivity index (χ4v) is 5.32. The SMILES string of the molecule is CN=C(NCCN1CCN(C(=O)C2CCC2)CC1)NCC1(c2ccccc2)CCCC1. The molecule has 1 heterocycles. The summed E-state index contributed by atoms with van der Waals surface area (Å²) < 4.78 is 0. The number of piperazine rings is 1. The van der Waals surface area contributed by atoms with Crippen molar-refractivity contribution < 1.29 is 4.79 Å². The van der Waals surface area contributed by atoms with Gasteiger partial charge in [0.15, 0.2) is 5.96 Å². The van der Waals surface area contributed by atoms with Crippen LogP contribution in [0.1, 0.15) is 50.5 Å². The maximum Gasteiger partial charge on any atom is 0.225 e. The second-order valence-corrected chi connectivity index (χ2v) is 9.50. The number of nitrogens with one attached hydrogen (secondary N) is 2. The number of carbonyl (C=O) groups excluding carboxylic acids is 1. The van der Waals surface area contributed by atoms with Gasteiger partial charge < -0.3 is 15.5 Å². The summed E-state index contributed by atoms with van der Waals surface area (Å²) in [5, 5.41) is 7.10. The van der Waals surface area contributed by atoms with Crippen molar-refractivity contribution in [1.29, 1.82) is 0 Å². The van der Waals surface area contributed by atoms with Crippen LogP contribution in [0.4, 0.5) is 0 Å². The monoisotopic (exact) mass is 425 g/mol. The smallest absolute Gasteiger partial charge is 0.225 e. The van der Waals surface area contributed by atoms with Crippen LogP contribution in [0.25, 0.3) is 0 Å². The highest BCUT2D eigenvalue weighted by molar-refractivity contribution is 5.80. The molecule has 2 saturated carbocycles. The molecule has 2 aliphatic carbocycles. The molecule has 0 atom stereocenters. The predicted octanol–water partition coefficient (Wildman–Crippen LogP) is 2.61. The van der Waals surface area contributed by atoms with Crippen LogP contribution in [0.2, 0.25) is 0 Å². The van der Waals surface area contributed by atoms with E-state index in [9.17, 15) is 4.79 Å². The molecule has 0 radical (unpaired) electrons. The van der Waals surface area contributed by atoms with Crippen molar-refractivity contribution in [1.82, 2.24) is 20.4 Å². The van der Waals surface area contributed by atoms with Gasteiger partial charge in [-0.2, -0.15) is 0 Å². The minimum atomic E-state index is 0.224. The number of carbonyl (C=O) groups is 1. The van der Waals surface area contributed by atoms with Crippen LogP contribution in [-0.2, 0) is 10.2 Å². The van der Waals surface area contributed by atoms with E-state index in [-0.39, 0.29) is 5.41 Å². The van der Waals surface area contributed by atoms with Crippen molar-refractivity contribution in [2.45, 2.75) is 50.4 Å². The van der Waals surface area contributed by atoms with Crippen molar-refractivity contribution >= 4 is 11.9 Å². The highest BCUT2D eigenvalue weighted by Gasteiger charge is 2.35. The first-order valence-electron chi connectivity index (χ1n) is 12.2. The van der Waals surface area contributed by atoms with Gasteiger partial charge in [-0.25, -0.2) is 0 Å². The lowest BCUT2D eigenvalue weighted by molar-refractivity contribution is -0.139. The number of guanidine groups is 1. The average Bonchev–Trinajstić information content (AvgIpc) is 3.26. The molecular weight excluding hydrogens is 386 g/mol. The zero-order valence-electron chi connectivity index (χ0n) is 19.1. The number of aliphatic imine (C=N–C) groups is 1. The summed E-state index contributed by atoms with van der Waals surface area (Å²) in [7, 11) is 1.85. The van der Waals surface area contributed by atoms with Crippen LogP contribution < -0.4 is 10.6 Å². The molecule has 3 aliphatic rings. The predicted molar refractivity (Wildman–Crippen MR) is 126 cm³/mol. The number of nitrogens with zero attached hydrogens (tertiary/aromatic N) is 3. The topological polar surface area (TPSA) is 60.0 Å². The lowest BCUT2D eigenvalue weighted by atomic mass is 9.79. The minimum absolute atomic E-state index is 0.224. The number of rotatable bonds is 7. The molecule has 1 aromatic carbocycles. The Bertz CT molecular complexity index is 732. The molecule has 0 unspecified atom stereocenters. The van der Waals surface area contributed by atoms with Gasteiger partial charge in [0.2, 0.25) is 5.91 Å². The van der Waals surface area contributed by atoms with E-state index in [1.54, 1.807) is 0 Å². The fraction of sp³-hybridized carbons (Fsp3) is 0.680. The van der Waals surface area contributed by atoms with Crippen molar-refractivity contribution in [2.24, 2.45) is 10.9 Å². The largest absolute Gasteiger partial charge is 0.356 e. The number of benzene rings is 1. The molecule has 1 aromatic rings. The summed E-state index contributed by atoms with van der Waals surface area (Å²) in [6, 6.07) is 11.0. The first kappa shape index (κ1) is 22.1. The molecule has 3 fully saturated rings. The van der Waals surface area contributed by atoms with E-state index >= 15 is 0 Å². The van der Waals surface area contributed by atoms with Crippen LogP contribution in [0.5, 0.6) is 0 Å². The molecule has 1 amide bonds. The second-order valence-electron chi connectivity index (χ2n) is 9.50. The van der Waals surface area contributed by atoms with Gasteiger partial charge in [-0.15, -0.1) is 0 Å². The molecule has 31 heavy (non-hydrogen) atoms. The maximum absolute atomic E-state index is 12.4. The molecule has 0 aromatic heterocycles. The Morgan fingerprint density at radius 3 is 2.35 bits per heavy atom. The van der Waals surface area contributed by atoms with Crippen LogP contribution >= 0.6 is 0 Å². The van der Waals surface area contributed by atoms with Crippen LogP contribution in [0.15, 0.2) is 35.3 Å².